The van der Waals surface area contributed by atoms with Gasteiger partial charge >= 0.3 is 0 Å². The number of H-pyrrole nitrogens is 1. The maximum absolute atomic E-state index is 12.7. The van der Waals surface area contributed by atoms with E-state index < -0.39 is 0 Å². The minimum Gasteiger partial charge on any atom is -0.619 e. The summed E-state index contributed by atoms with van der Waals surface area (Å²) in [6.45, 7) is 2.05. The molecule has 0 aliphatic rings. The second kappa shape index (κ2) is 4.71. The number of benzene rings is 1. The molecule has 0 fully saturated rings. The van der Waals surface area contributed by atoms with Gasteiger partial charge in [-0.3, -0.25) is 9.36 Å². The predicted molar refractivity (Wildman–Crippen MR) is 90.2 cm³/mol. The number of pyridine rings is 2. The van der Waals surface area contributed by atoms with E-state index in [1.54, 1.807) is 23.7 Å². The molecule has 5 heteroatoms. The van der Waals surface area contributed by atoms with Gasteiger partial charge in [-0.15, -0.1) is 0 Å². The Morgan fingerprint density at radius 3 is 2.57 bits per heavy atom. The van der Waals surface area contributed by atoms with Crippen LogP contribution in [-0.4, -0.2) is 9.55 Å². The van der Waals surface area contributed by atoms with Gasteiger partial charge in [0.05, 0.1) is 0 Å². The summed E-state index contributed by atoms with van der Waals surface area (Å²) in [6.07, 6.45) is 2.80. The van der Waals surface area contributed by atoms with Crippen LogP contribution in [0.15, 0.2) is 53.6 Å². The highest BCUT2D eigenvalue weighted by Gasteiger charge is 2.13. The van der Waals surface area contributed by atoms with E-state index in [1.165, 1.54) is 18.0 Å². The first-order valence-corrected chi connectivity index (χ1v) is 7.36. The molecular weight excluding hydrogens is 290 g/mol. The van der Waals surface area contributed by atoms with Crippen LogP contribution in [0.25, 0.3) is 33.1 Å². The molecule has 4 aromatic rings. The van der Waals surface area contributed by atoms with E-state index in [1.807, 2.05) is 25.1 Å². The summed E-state index contributed by atoms with van der Waals surface area (Å²) in [5.41, 5.74) is 4.20. The van der Waals surface area contributed by atoms with Gasteiger partial charge in [0.1, 0.15) is 5.65 Å². The van der Waals surface area contributed by atoms with Crippen molar-refractivity contribution in [3.63, 3.8) is 0 Å². The third kappa shape index (κ3) is 2.01. The van der Waals surface area contributed by atoms with Crippen molar-refractivity contribution >= 4 is 21.9 Å². The Balaban J connectivity index is 2.11. The van der Waals surface area contributed by atoms with E-state index in [2.05, 4.69) is 11.1 Å². The van der Waals surface area contributed by atoms with Crippen molar-refractivity contribution in [1.29, 1.82) is 0 Å². The van der Waals surface area contributed by atoms with Gasteiger partial charge in [-0.25, -0.2) is 0 Å². The molecule has 0 saturated carbocycles. The Morgan fingerprint density at radius 2 is 1.83 bits per heavy atom. The Labute approximate surface area is 132 Å². The summed E-state index contributed by atoms with van der Waals surface area (Å²) in [7, 11) is 1.76. The van der Waals surface area contributed by atoms with Gasteiger partial charge < -0.3 is 10.2 Å². The topological polar surface area (TPSA) is 64.7 Å². The third-order valence-corrected chi connectivity index (χ3v) is 4.25. The Morgan fingerprint density at radius 1 is 1.09 bits per heavy atom. The number of rotatable bonds is 1. The average molecular weight is 305 g/mol. The fourth-order valence-electron chi connectivity index (χ4n) is 3.01. The molecule has 0 saturated heterocycles. The second-order valence-electron chi connectivity index (χ2n) is 5.81. The minimum atomic E-state index is -0.0931. The van der Waals surface area contributed by atoms with Crippen molar-refractivity contribution in [3.8, 4) is 11.1 Å². The lowest BCUT2D eigenvalue weighted by Crippen LogP contribution is -2.24. The van der Waals surface area contributed by atoms with Crippen molar-refractivity contribution < 1.29 is 4.73 Å². The minimum absolute atomic E-state index is 0.0931. The van der Waals surface area contributed by atoms with Gasteiger partial charge in [0, 0.05) is 41.0 Å². The maximum atomic E-state index is 12.7. The van der Waals surface area contributed by atoms with E-state index in [9.17, 15) is 10.0 Å². The Kier molecular flexibility index (Phi) is 2.78. The average Bonchev–Trinajstić information content (AvgIpc) is 2.90. The van der Waals surface area contributed by atoms with Gasteiger partial charge in [0.2, 0.25) is 0 Å². The van der Waals surface area contributed by atoms with E-state index in [4.69, 9.17) is 0 Å². The molecular formula is C18H15N3O2. The maximum Gasteiger partial charge on any atom is 0.259 e. The van der Waals surface area contributed by atoms with Crippen molar-refractivity contribution in [3.05, 3.63) is 69.9 Å². The molecule has 0 unspecified atom stereocenters. The molecule has 0 bridgehead atoms. The Bertz CT molecular complexity index is 1110. The number of aryl methyl sites for hydroxylation is 2. The highest BCUT2D eigenvalue weighted by atomic mass is 16.5. The van der Waals surface area contributed by atoms with Gasteiger partial charge in [0.15, 0.2) is 12.4 Å². The van der Waals surface area contributed by atoms with Gasteiger partial charge in [-0.1, -0.05) is 11.6 Å². The summed E-state index contributed by atoms with van der Waals surface area (Å²) in [6, 6.07) is 11.4. The summed E-state index contributed by atoms with van der Waals surface area (Å²) in [5.74, 6) is 0. The smallest absolute Gasteiger partial charge is 0.259 e. The lowest BCUT2D eigenvalue weighted by molar-refractivity contribution is -0.605. The summed E-state index contributed by atoms with van der Waals surface area (Å²) in [5, 5.41) is 13.3. The molecule has 3 heterocycles. The van der Waals surface area contributed by atoms with Crippen molar-refractivity contribution in [1.82, 2.24) is 9.55 Å². The quantitative estimate of drug-likeness (QED) is 0.434. The van der Waals surface area contributed by atoms with Crippen LogP contribution in [0.4, 0.5) is 0 Å². The van der Waals surface area contributed by atoms with Crippen LogP contribution in [-0.2, 0) is 7.05 Å². The zero-order valence-electron chi connectivity index (χ0n) is 12.8. The third-order valence-electron chi connectivity index (χ3n) is 4.25. The van der Waals surface area contributed by atoms with E-state index in [0.717, 1.165) is 27.5 Å². The number of hydrogen-bond acceptors (Lipinski definition) is 2. The predicted octanol–water partition coefficient (Wildman–Crippen LogP) is 2.63. The Hall–Kier alpha value is -3.08. The van der Waals surface area contributed by atoms with Crippen LogP contribution in [0.2, 0.25) is 0 Å². The molecule has 1 N–H and O–H groups in total. The van der Waals surface area contributed by atoms with Gasteiger partial charge in [0.25, 0.3) is 5.56 Å². The van der Waals surface area contributed by atoms with Crippen LogP contribution >= 0.6 is 0 Å². The molecule has 3 aromatic heterocycles. The summed E-state index contributed by atoms with van der Waals surface area (Å²) >= 11 is 0. The molecule has 23 heavy (non-hydrogen) atoms. The zero-order valence-corrected chi connectivity index (χ0v) is 12.8. The van der Waals surface area contributed by atoms with Crippen LogP contribution < -0.4 is 10.3 Å². The van der Waals surface area contributed by atoms with Crippen molar-refractivity contribution in [2.24, 2.45) is 7.05 Å². The molecule has 0 atom stereocenters. The molecule has 4 rings (SSSR count). The highest BCUT2D eigenvalue weighted by Crippen LogP contribution is 2.28. The number of aromatic amines is 1. The number of nitrogens with zero attached hydrogens (tertiary/aromatic N) is 2. The molecule has 5 nitrogen and oxygen atoms in total. The van der Waals surface area contributed by atoms with Gasteiger partial charge in [-0.05, 0) is 30.7 Å². The second-order valence-corrected chi connectivity index (χ2v) is 5.81. The number of aromatic nitrogens is 3. The molecule has 0 amide bonds. The fourth-order valence-corrected chi connectivity index (χ4v) is 3.01. The molecule has 0 radical (unpaired) electrons. The molecule has 114 valence electrons. The standard InChI is InChI=1S/C18H15N3O2/c1-11-3-4-16-14(9-11)15-10-13(12-5-7-21(23)8-6-12)18(22)20(2)17(15)19-16/h3-10,19H,1-2H3. The lowest BCUT2D eigenvalue weighted by atomic mass is 10.1. The molecule has 0 spiro atoms. The van der Waals surface area contributed by atoms with E-state index in [0.29, 0.717) is 10.3 Å². The fraction of sp³-hybridized carbons (Fsp3) is 0.111. The first-order valence-electron chi connectivity index (χ1n) is 7.36. The first kappa shape index (κ1) is 13.6. The van der Waals surface area contributed by atoms with Crippen LogP contribution in [0.5, 0.6) is 0 Å². The zero-order chi connectivity index (χ0) is 16.1. The number of nitrogens with one attached hydrogen (secondary N) is 1. The SMILES string of the molecule is Cc1ccc2[nH]c3c(cc(-c4cc[n+]([O-])cc4)c(=O)n3C)c2c1. The first-order chi connectivity index (χ1) is 11.0. The van der Waals surface area contributed by atoms with Crippen LogP contribution in [0.1, 0.15) is 5.56 Å². The molecule has 0 aliphatic heterocycles. The monoisotopic (exact) mass is 305 g/mol. The normalized spacial score (nSPS) is 11.4. The number of hydrogen-bond donors (Lipinski definition) is 1. The summed E-state index contributed by atoms with van der Waals surface area (Å²) < 4.78 is 2.33. The van der Waals surface area contributed by atoms with Crippen molar-refractivity contribution in [2.45, 2.75) is 6.92 Å². The van der Waals surface area contributed by atoms with Crippen molar-refractivity contribution in [2.75, 3.05) is 0 Å². The van der Waals surface area contributed by atoms with Crippen LogP contribution in [0.3, 0.4) is 0 Å². The van der Waals surface area contributed by atoms with Crippen LogP contribution in [0, 0.1) is 12.1 Å². The summed E-state index contributed by atoms with van der Waals surface area (Å²) in [4.78, 5) is 16.0. The van der Waals surface area contributed by atoms with E-state index in [-0.39, 0.29) is 5.56 Å². The molecule has 1 aromatic carbocycles. The number of fused-ring (bicyclic) bond motifs is 3. The highest BCUT2D eigenvalue weighted by molar-refractivity contribution is 6.07. The van der Waals surface area contributed by atoms with Gasteiger partial charge in [-0.2, -0.15) is 4.73 Å². The van der Waals surface area contributed by atoms with E-state index >= 15 is 0 Å². The largest absolute Gasteiger partial charge is 0.619 e. The molecule has 0 aliphatic carbocycles. The lowest BCUT2D eigenvalue weighted by Gasteiger charge is -2.06.